The van der Waals surface area contributed by atoms with Gasteiger partial charge in [-0.1, -0.05) is 19.9 Å². The summed E-state index contributed by atoms with van der Waals surface area (Å²) in [6.45, 7) is 12.0. The number of carbonyl (C=O) groups excluding carboxylic acids is 1. The third-order valence-corrected chi connectivity index (χ3v) is 8.54. The van der Waals surface area contributed by atoms with E-state index in [1.54, 1.807) is 22.0 Å². The number of aromatic nitrogens is 4. The highest BCUT2D eigenvalue weighted by molar-refractivity contribution is 7.13. The number of nitrogens with zero attached hydrogens (tertiary/aromatic N) is 6. The van der Waals surface area contributed by atoms with E-state index >= 15 is 0 Å². The average molecular weight is 548 g/mol. The van der Waals surface area contributed by atoms with Crippen LogP contribution in [0.1, 0.15) is 50.9 Å². The highest BCUT2D eigenvalue weighted by Crippen LogP contribution is 2.31. The summed E-state index contributed by atoms with van der Waals surface area (Å²) in [5, 5.41) is 20.2. The van der Waals surface area contributed by atoms with Gasteiger partial charge in [0.1, 0.15) is 5.82 Å². The average Bonchev–Trinajstić information content (AvgIpc) is 3.62. The molecule has 1 fully saturated rings. The van der Waals surface area contributed by atoms with Crippen molar-refractivity contribution in [1.29, 1.82) is 0 Å². The summed E-state index contributed by atoms with van der Waals surface area (Å²) >= 11 is 1.64. The number of fused-ring (bicyclic) bond motifs is 1. The fourth-order valence-electron chi connectivity index (χ4n) is 5.09. The van der Waals surface area contributed by atoms with Gasteiger partial charge in [-0.25, -0.2) is 14.5 Å². The summed E-state index contributed by atoms with van der Waals surface area (Å²) in [6.07, 6.45) is 4.95. The molecule has 1 amide bonds. The Morgan fingerprint density at radius 2 is 1.95 bits per heavy atom. The molecule has 1 aliphatic heterocycles. The molecule has 1 saturated heterocycles. The normalized spacial score (nSPS) is 16.1. The Morgan fingerprint density at radius 3 is 2.64 bits per heavy atom. The Kier molecular flexibility index (Phi) is 7.97. The molecule has 0 unspecified atom stereocenters. The lowest BCUT2D eigenvalue weighted by atomic mass is 9.94. The number of likely N-dealkylation sites (N-methyl/N-ethyl adjacent to an activating group) is 1. The zero-order valence-electron chi connectivity index (χ0n) is 23.1. The number of rotatable bonds is 9. The lowest BCUT2D eigenvalue weighted by Gasteiger charge is -2.36. The van der Waals surface area contributed by atoms with Crippen molar-refractivity contribution < 1.29 is 9.90 Å². The molecule has 39 heavy (non-hydrogen) atoms. The number of anilines is 1. The molecule has 1 aliphatic rings. The van der Waals surface area contributed by atoms with E-state index in [1.165, 1.54) is 0 Å². The number of pyridine rings is 1. The van der Waals surface area contributed by atoms with E-state index in [0.29, 0.717) is 49.4 Å². The molecule has 9 nitrogen and oxygen atoms in total. The van der Waals surface area contributed by atoms with Crippen molar-refractivity contribution in [3.05, 3.63) is 53.7 Å². The monoisotopic (exact) mass is 547 g/mol. The van der Waals surface area contributed by atoms with Gasteiger partial charge in [0.05, 0.1) is 33.6 Å². The molecule has 0 spiro atoms. The molecule has 4 aromatic heterocycles. The van der Waals surface area contributed by atoms with Gasteiger partial charge in [0, 0.05) is 37.4 Å². The largest absolute Gasteiger partial charge is 0.390 e. The van der Waals surface area contributed by atoms with Crippen molar-refractivity contribution in [3.8, 4) is 21.8 Å². The van der Waals surface area contributed by atoms with E-state index in [1.807, 2.05) is 48.8 Å². The Morgan fingerprint density at radius 1 is 1.18 bits per heavy atom. The summed E-state index contributed by atoms with van der Waals surface area (Å²) in [5.41, 5.74) is 2.85. The first-order valence-corrected chi connectivity index (χ1v) is 14.6. The van der Waals surface area contributed by atoms with Crippen molar-refractivity contribution >= 4 is 28.7 Å². The van der Waals surface area contributed by atoms with Crippen LogP contribution in [0.25, 0.3) is 27.5 Å². The summed E-state index contributed by atoms with van der Waals surface area (Å²) in [7, 11) is 0. The van der Waals surface area contributed by atoms with Crippen molar-refractivity contribution in [2.45, 2.75) is 52.2 Å². The smallest absolute Gasteiger partial charge is 0.251 e. The highest BCUT2D eigenvalue weighted by Gasteiger charge is 2.29. The number of amides is 1. The van der Waals surface area contributed by atoms with Crippen LogP contribution in [-0.4, -0.2) is 79.9 Å². The number of hydrogen-bond donors (Lipinski definition) is 2. The molecule has 5 heterocycles. The molecule has 0 saturated carbocycles. The zero-order valence-corrected chi connectivity index (χ0v) is 23.9. The maximum atomic E-state index is 13.4. The predicted molar refractivity (Wildman–Crippen MR) is 156 cm³/mol. The topological polar surface area (TPSA) is 98.9 Å². The molecule has 2 N–H and O–H groups in total. The van der Waals surface area contributed by atoms with Crippen LogP contribution in [0, 0.1) is 0 Å². The predicted octanol–water partition coefficient (Wildman–Crippen LogP) is 4.33. The summed E-state index contributed by atoms with van der Waals surface area (Å²) < 4.78 is 1.74. The maximum Gasteiger partial charge on any atom is 0.251 e. The van der Waals surface area contributed by atoms with Crippen LogP contribution in [-0.2, 0) is 0 Å². The fraction of sp³-hybridized carbons (Fsp3) is 0.448. The number of carbonyl (C=O) groups is 1. The van der Waals surface area contributed by atoms with Gasteiger partial charge in [0.2, 0.25) is 0 Å². The summed E-state index contributed by atoms with van der Waals surface area (Å²) in [6, 6.07) is 9.93. The minimum atomic E-state index is -0.681. The van der Waals surface area contributed by atoms with Gasteiger partial charge in [-0.05, 0) is 69.4 Å². The van der Waals surface area contributed by atoms with Crippen LogP contribution < -0.4 is 10.2 Å². The lowest BCUT2D eigenvalue weighted by molar-refractivity contribution is 0.0350. The number of thiophene rings is 1. The molecule has 206 valence electrons. The quantitative estimate of drug-likeness (QED) is 0.322. The third-order valence-electron chi connectivity index (χ3n) is 7.65. The maximum absolute atomic E-state index is 13.4. The van der Waals surface area contributed by atoms with Crippen LogP contribution >= 0.6 is 11.3 Å². The van der Waals surface area contributed by atoms with E-state index < -0.39 is 5.60 Å². The minimum absolute atomic E-state index is 0.133. The van der Waals surface area contributed by atoms with E-state index in [9.17, 15) is 9.90 Å². The minimum Gasteiger partial charge on any atom is -0.390 e. The van der Waals surface area contributed by atoms with Gasteiger partial charge < -0.3 is 15.3 Å². The van der Waals surface area contributed by atoms with Crippen LogP contribution in [0.5, 0.6) is 0 Å². The molecular weight excluding hydrogens is 510 g/mol. The van der Waals surface area contributed by atoms with E-state index in [0.717, 1.165) is 35.0 Å². The molecular formula is C29H37N7O2S. The van der Waals surface area contributed by atoms with Gasteiger partial charge in [-0.3, -0.25) is 9.69 Å². The van der Waals surface area contributed by atoms with Crippen LogP contribution in [0.15, 0.2) is 48.1 Å². The van der Waals surface area contributed by atoms with E-state index in [-0.39, 0.29) is 11.9 Å². The molecule has 10 heteroatoms. The number of nitrogens with one attached hydrogen (secondary N) is 1. The summed E-state index contributed by atoms with van der Waals surface area (Å²) in [5.74, 6) is 0.588. The van der Waals surface area contributed by atoms with Gasteiger partial charge in [0.15, 0.2) is 5.65 Å². The molecule has 0 radical (unpaired) electrons. The molecule has 4 aromatic rings. The lowest BCUT2D eigenvalue weighted by Crippen LogP contribution is -2.43. The number of piperidine rings is 1. The van der Waals surface area contributed by atoms with Crippen LogP contribution in [0.2, 0.25) is 0 Å². The first-order chi connectivity index (χ1) is 18.8. The van der Waals surface area contributed by atoms with E-state index in [2.05, 4.69) is 41.0 Å². The first kappa shape index (κ1) is 27.2. The van der Waals surface area contributed by atoms with Gasteiger partial charge in [-0.2, -0.15) is 5.10 Å². The Hall–Kier alpha value is -3.34. The van der Waals surface area contributed by atoms with Crippen molar-refractivity contribution in [3.63, 3.8) is 0 Å². The molecule has 5 rings (SSSR count). The van der Waals surface area contributed by atoms with Crippen molar-refractivity contribution in [2.24, 2.45) is 0 Å². The molecule has 0 aromatic carbocycles. The second-order valence-corrected chi connectivity index (χ2v) is 11.4. The summed E-state index contributed by atoms with van der Waals surface area (Å²) in [4.78, 5) is 28.9. The van der Waals surface area contributed by atoms with Crippen LogP contribution in [0.4, 0.5) is 5.82 Å². The Balaban J connectivity index is 1.51. The second-order valence-electron chi connectivity index (χ2n) is 10.5. The van der Waals surface area contributed by atoms with Gasteiger partial charge in [0.25, 0.3) is 5.91 Å². The highest BCUT2D eigenvalue weighted by atomic mass is 32.1. The first-order valence-electron chi connectivity index (χ1n) is 13.7. The molecule has 0 bridgehead atoms. The Labute approximate surface area is 233 Å². The van der Waals surface area contributed by atoms with E-state index in [4.69, 9.17) is 9.97 Å². The third kappa shape index (κ3) is 5.98. The second kappa shape index (κ2) is 11.4. The Bertz CT molecular complexity index is 1420. The van der Waals surface area contributed by atoms with Gasteiger partial charge >= 0.3 is 0 Å². The van der Waals surface area contributed by atoms with Crippen LogP contribution in [0.3, 0.4) is 0 Å². The number of aliphatic hydroxyl groups is 1. The molecule has 0 aliphatic carbocycles. The van der Waals surface area contributed by atoms with Gasteiger partial charge in [-0.15, -0.1) is 11.3 Å². The van der Waals surface area contributed by atoms with Crippen molar-refractivity contribution in [2.75, 3.05) is 37.6 Å². The SMILES string of the molecule is CCN(CC)[C@@H](C)CNC(=O)c1cc(-c2cnn3ccc(-c4cccs4)nc23)nc(N2CCC(C)(O)CC2)c1. The standard InChI is InChI=1S/C29H37N7O2S/c1-5-34(6-2)20(3)18-30-28(37)21-16-24(32-26(17-21)35-13-10-29(4,38)11-14-35)22-19-31-36-12-9-23(33-27(22)36)25-8-7-15-39-25/h7-9,12,15-17,19-20,38H,5-6,10-11,13-14,18H2,1-4H3,(H,30,37)/t20-/m0/s1. The molecule has 1 atom stereocenters. The fourth-order valence-corrected chi connectivity index (χ4v) is 5.79. The number of hydrogen-bond acceptors (Lipinski definition) is 8. The zero-order chi connectivity index (χ0) is 27.6. The van der Waals surface area contributed by atoms with Crippen molar-refractivity contribution in [1.82, 2.24) is 29.8 Å².